The molecule has 1 fully saturated rings. The first kappa shape index (κ1) is 17.5. The molecule has 2 N–H and O–H groups in total. The Labute approximate surface area is 155 Å². The van der Waals surface area contributed by atoms with E-state index in [1.165, 1.54) is 4.90 Å². The first-order valence-electron chi connectivity index (χ1n) is 7.69. The van der Waals surface area contributed by atoms with Crippen molar-refractivity contribution in [2.75, 3.05) is 7.05 Å². The van der Waals surface area contributed by atoms with E-state index in [1.807, 2.05) is 32.0 Å². The van der Waals surface area contributed by atoms with Gasteiger partial charge in [-0.25, -0.2) is 0 Å². The zero-order valence-corrected chi connectivity index (χ0v) is 15.7. The molecule has 0 aliphatic carbocycles. The highest BCUT2D eigenvalue weighted by atomic mass is 35.5. The van der Waals surface area contributed by atoms with Crippen molar-refractivity contribution in [2.45, 2.75) is 25.8 Å². The molecule has 1 atom stereocenters. The van der Waals surface area contributed by atoms with E-state index in [9.17, 15) is 4.79 Å². The lowest BCUT2D eigenvalue weighted by Gasteiger charge is -2.38. The van der Waals surface area contributed by atoms with E-state index < -0.39 is 5.54 Å². The lowest BCUT2D eigenvalue weighted by molar-refractivity contribution is -0.129. The number of amides is 1. The van der Waals surface area contributed by atoms with Crippen molar-refractivity contribution in [1.29, 1.82) is 10.7 Å². The molecule has 1 saturated heterocycles. The number of benzene rings is 1. The Balaban J connectivity index is 2.04. The molecule has 1 amide bonds. The molecule has 1 aromatic heterocycles. The van der Waals surface area contributed by atoms with E-state index in [1.54, 1.807) is 24.5 Å². The van der Waals surface area contributed by atoms with Crippen LogP contribution in [-0.2, 0) is 10.3 Å². The van der Waals surface area contributed by atoms with Crippen LogP contribution in [0.2, 0.25) is 5.02 Å². The van der Waals surface area contributed by atoms with Gasteiger partial charge in [-0.2, -0.15) is 5.26 Å². The van der Waals surface area contributed by atoms with Crippen molar-refractivity contribution in [2.24, 2.45) is 0 Å². The molecule has 1 aliphatic rings. The van der Waals surface area contributed by atoms with Crippen LogP contribution in [0.1, 0.15) is 29.3 Å². The van der Waals surface area contributed by atoms with Crippen LogP contribution >= 0.6 is 22.9 Å². The molecule has 25 heavy (non-hydrogen) atoms. The van der Waals surface area contributed by atoms with Crippen LogP contribution in [0.25, 0.3) is 10.4 Å². The van der Waals surface area contributed by atoms with E-state index in [2.05, 4.69) is 11.4 Å². The Kier molecular flexibility index (Phi) is 4.31. The van der Waals surface area contributed by atoms with Crippen LogP contribution in [-0.4, -0.2) is 23.8 Å². The molecule has 2 aromatic rings. The van der Waals surface area contributed by atoms with Gasteiger partial charge >= 0.3 is 0 Å². The molecule has 128 valence electrons. The van der Waals surface area contributed by atoms with Gasteiger partial charge in [0.25, 0.3) is 0 Å². The average Bonchev–Trinajstić information content (AvgIpc) is 2.94. The summed E-state index contributed by atoms with van der Waals surface area (Å²) in [6, 6.07) is 9.44. The minimum Gasteiger partial charge on any atom is -0.345 e. The summed E-state index contributed by atoms with van der Waals surface area (Å²) in [5.74, 6) is 0.00857. The van der Waals surface area contributed by atoms with Gasteiger partial charge in [0.1, 0.15) is 0 Å². The molecule has 0 saturated carbocycles. The Morgan fingerprint density at radius 1 is 1.40 bits per heavy atom. The SMILES string of the molecule is Cc1cc([C@]2(C)CC(=O)N(C)C(=N)N2)sc1-c1cc(Cl)cc(C#N)c1. The van der Waals surface area contributed by atoms with E-state index in [0.717, 1.165) is 20.9 Å². The predicted octanol–water partition coefficient (Wildman–Crippen LogP) is 3.85. The zero-order chi connectivity index (χ0) is 18.4. The Morgan fingerprint density at radius 3 is 2.76 bits per heavy atom. The Morgan fingerprint density at radius 2 is 2.12 bits per heavy atom. The van der Waals surface area contributed by atoms with Crippen LogP contribution < -0.4 is 5.32 Å². The van der Waals surface area contributed by atoms with E-state index >= 15 is 0 Å². The number of nitrogens with one attached hydrogen (secondary N) is 2. The van der Waals surface area contributed by atoms with Crippen molar-refractivity contribution < 1.29 is 4.79 Å². The molecule has 1 aliphatic heterocycles. The first-order valence-corrected chi connectivity index (χ1v) is 8.88. The highest BCUT2D eigenvalue weighted by molar-refractivity contribution is 7.15. The van der Waals surface area contributed by atoms with E-state index in [-0.39, 0.29) is 18.3 Å². The monoisotopic (exact) mass is 372 g/mol. The number of hydrogen-bond donors (Lipinski definition) is 2. The van der Waals surface area contributed by atoms with Gasteiger partial charge in [0.2, 0.25) is 5.91 Å². The lowest BCUT2D eigenvalue weighted by atomic mass is 9.92. The highest BCUT2D eigenvalue weighted by Crippen LogP contribution is 2.40. The number of aryl methyl sites for hydroxylation is 1. The van der Waals surface area contributed by atoms with Crippen LogP contribution in [0.5, 0.6) is 0 Å². The van der Waals surface area contributed by atoms with Crippen LogP contribution in [0, 0.1) is 23.7 Å². The van der Waals surface area contributed by atoms with Gasteiger partial charge in [0, 0.05) is 21.8 Å². The van der Waals surface area contributed by atoms with Crippen molar-refractivity contribution in [3.05, 3.63) is 45.3 Å². The number of carbonyl (C=O) groups excluding carboxylic acids is 1. The average molecular weight is 373 g/mol. The van der Waals surface area contributed by atoms with Crippen molar-refractivity contribution in [3.63, 3.8) is 0 Å². The molecular weight excluding hydrogens is 356 g/mol. The highest BCUT2D eigenvalue weighted by Gasteiger charge is 2.39. The number of carbonyl (C=O) groups is 1. The molecule has 0 unspecified atom stereocenters. The zero-order valence-electron chi connectivity index (χ0n) is 14.1. The number of hydrogen-bond acceptors (Lipinski definition) is 4. The topological polar surface area (TPSA) is 80.0 Å². The summed E-state index contributed by atoms with van der Waals surface area (Å²) in [4.78, 5) is 15.5. The van der Waals surface area contributed by atoms with Gasteiger partial charge in [0.05, 0.1) is 23.6 Å². The summed E-state index contributed by atoms with van der Waals surface area (Å²) in [6.07, 6.45) is 0.282. The summed E-state index contributed by atoms with van der Waals surface area (Å²) < 4.78 is 0. The van der Waals surface area contributed by atoms with Gasteiger partial charge < -0.3 is 5.32 Å². The Bertz CT molecular complexity index is 910. The Hall–Kier alpha value is -2.36. The van der Waals surface area contributed by atoms with Gasteiger partial charge in [-0.1, -0.05) is 11.6 Å². The fourth-order valence-corrected chi connectivity index (χ4v) is 4.40. The van der Waals surface area contributed by atoms with Gasteiger partial charge in [-0.05, 0) is 49.2 Å². The number of nitrogens with zero attached hydrogens (tertiary/aromatic N) is 2. The maximum Gasteiger partial charge on any atom is 0.231 e. The molecule has 7 heteroatoms. The molecule has 2 heterocycles. The fraction of sp³-hybridized carbons (Fsp3) is 0.278. The third-order valence-corrected chi connectivity index (χ3v) is 6.13. The smallest absolute Gasteiger partial charge is 0.231 e. The number of guanidine groups is 1. The summed E-state index contributed by atoms with van der Waals surface area (Å²) in [5.41, 5.74) is 1.82. The number of nitriles is 1. The molecule has 5 nitrogen and oxygen atoms in total. The maximum atomic E-state index is 12.2. The third-order valence-electron chi connectivity index (χ3n) is 4.36. The predicted molar refractivity (Wildman–Crippen MR) is 99.8 cm³/mol. The third kappa shape index (κ3) is 3.13. The van der Waals surface area contributed by atoms with Gasteiger partial charge in [0.15, 0.2) is 5.96 Å². The summed E-state index contributed by atoms with van der Waals surface area (Å²) in [6.45, 7) is 3.92. The molecule has 0 spiro atoms. The van der Waals surface area contributed by atoms with E-state index in [0.29, 0.717) is 10.6 Å². The summed E-state index contributed by atoms with van der Waals surface area (Å²) in [7, 11) is 1.59. The molecule has 0 radical (unpaired) electrons. The molecule has 3 rings (SSSR count). The number of halogens is 1. The van der Waals surface area contributed by atoms with Gasteiger partial charge in [-0.3, -0.25) is 15.1 Å². The first-order chi connectivity index (χ1) is 11.7. The van der Waals surface area contributed by atoms with Crippen LogP contribution in [0.4, 0.5) is 0 Å². The maximum absolute atomic E-state index is 12.2. The van der Waals surface area contributed by atoms with Crippen molar-refractivity contribution in [1.82, 2.24) is 10.2 Å². The summed E-state index contributed by atoms with van der Waals surface area (Å²) in [5, 5.41) is 20.8. The second-order valence-electron chi connectivity index (χ2n) is 6.40. The molecule has 0 bridgehead atoms. The van der Waals surface area contributed by atoms with Gasteiger partial charge in [-0.15, -0.1) is 11.3 Å². The normalized spacial score (nSPS) is 20.4. The van der Waals surface area contributed by atoms with Crippen molar-refractivity contribution in [3.8, 4) is 16.5 Å². The minimum absolute atomic E-state index is 0.0895. The van der Waals surface area contributed by atoms with Crippen molar-refractivity contribution >= 4 is 34.8 Å². The second kappa shape index (κ2) is 6.17. The quantitative estimate of drug-likeness (QED) is 0.840. The fourth-order valence-electron chi connectivity index (χ4n) is 2.91. The minimum atomic E-state index is -0.620. The molecular formula is C18H17ClN4OS. The number of thiophene rings is 1. The van der Waals surface area contributed by atoms with E-state index in [4.69, 9.17) is 22.3 Å². The van der Waals surface area contributed by atoms with Crippen LogP contribution in [0.15, 0.2) is 24.3 Å². The lowest BCUT2D eigenvalue weighted by Crippen LogP contribution is -2.57. The largest absolute Gasteiger partial charge is 0.345 e. The second-order valence-corrected chi connectivity index (χ2v) is 7.89. The summed E-state index contributed by atoms with van der Waals surface area (Å²) >= 11 is 7.68. The number of rotatable bonds is 2. The standard InChI is InChI=1S/C18H17ClN4OS/c1-10-4-14(18(2)8-15(24)23(3)17(21)22-18)25-16(10)12-5-11(9-20)6-13(19)7-12/h4-7H,8H2,1-3H3,(H2,21,22)/t18-/m0/s1. The van der Waals surface area contributed by atoms with Crippen LogP contribution in [0.3, 0.4) is 0 Å². The molecule has 1 aromatic carbocycles.